The van der Waals surface area contributed by atoms with Gasteiger partial charge in [0.05, 0.1) is 0 Å². The molecule has 0 unspecified atom stereocenters. The van der Waals surface area contributed by atoms with E-state index in [1.807, 2.05) is 6.07 Å². The zero-order chi connectivity index (χ0) is 17.5. The predicted molar refractivity (Wildman–Crippen MR) is 103 cm³/mol. The molecule has 1 aromatic carbocycles. The van der Waals surface area contributed by atoms with Crippen LogP contribution in [0.25, 0.3) is 5.57 Å². The van der Waals surface area contributed by atoms with E-state index in [4.69, 9.17) is 4.43 Å². The summed E-state index contributed by atoms with van der Waals surface area (Å²) in [6.45, 7) is 0. The van der Waals surface area contributed by atoms with Crippen LogP contribution in [0.1, 0.15) is 76.2 Å². The molecule has 0 heterocycles. The third kappa shape index (κ3) is 4.84. The molecule has 2 aliphatic rings. The van der Waals surface area contributed by atoms with Crippen LogP contribution < -0.4 is 0 Å². The molecule has 25 heavy (non-hydrogen) atoms. The Kier molecular flexibility index (Phi) is 6.91. The lowest BCUT2D eigenvalue weighted by Gasteiger charge is -2.29. The number of carbonyl (C=O) groups excluding carboxylic acids is 1. The van der Waals surface area contributed by atoms with Crippen LogP contribution in [0.4, 0.5) is 0 Å². The van der Waals surface area contributed by atoms with Gasteiger partial charge in [-0.1, -0.05) is 81.7 Å². The van der Waals surface area contributed by atoms with Crippen LogP contribution in [0.2, 0.25) is 0 Å². The van der Waals surface area contributed by atoms with Crippen LogP contribution in [0, 0.1) is 11.8 Å². The summed E-state index contributed by atoms with van der Waals surface area (Å²) in [4.78, 5) is 12.7. The summed E-state index contributed by atoms with van der Waals surface area (Å²) in [5, 5.41) is 0. The highest BCUT2D eigenvalue weighted by Crippen LogP contribution is 2.40. The topological polar surface area (TPSA) is 26.3 Å². The van der Waals surface area contributed by atoms with Crippen LogP contribution in [0.3, 0.4) is 0 Å². The molecule has 0 spiro atoms. The summed E-state index contributed by atoms with van der Waals surface area (Å²) >= 11 is 0. The molecule has 2 nitrogen and oxygen atoms in total. The number of benzene rings is 1. The molecule has 0 atom stereocenters. The van der Waals surface area contributed by atoms with Gasteiger partial charge in [-0.25, -0.2) is 4.79 Å². The minimum atomic E-state index is -0.188. The van der Waals surface area contributed by atoms with Gasteiger partial charge in [0.2, 0.25) is 0 Å². The lowest BCUT2D eigenvalue weighted by molar-refractivity contribution is -0.130. The molecule has 3 radical (unpaired) electrons. The second-order valence-electron chi connectivity index (χ2n) is 7.69. The molecular formula is C22H29O2Si. The van der Waals surface area contributed by atoms with Gasteiger partial charge in [-0.2, -0.15) is 0 Å². The Morgan fingerprint density at radius 2 is 1.52 bits per heavy atom. The van der Waals surface area contributed by atoms with Crippen molar-refractivity contribution in [3.63, 3.8) is 0 Å². The first kappa shape index (κ1) is 18.4. The summed E-state index contributed by atoms with van der Waals surface area (Å²) in [5.74, 6) is 0.920. The van der Waals surface area contributed by atoms with Crippen molar-refractivity contribution in [2.45, 2.75) is 70.6 Å². The van der Waals surface area contributed by atoms with Crippen LogP contribution >= 0.6 is 0 Å². The smallest absolute Gasteiger partial charge is 0.345 e. The Labute approximate surface area is 155 Å². The Morgan fingerprint density at radius 3 is 2.12 bits per heavy atom. The molecule has 0 N–H and O–H groups in total. The monoisotopic (exact) mass is 353 g/mol. The van der Waals surface area contributed by atoms with E-state index in [1.54, 1.807) is 0 Å². The van der Waals surface area contributed by atoms with Crippen LogP contribution in [-0.4, -0.2) is 16.5 Å². The Morgan fingerprint density at radius 1 is 0.920 bits per heavy atom. The molecule has 3 heteroatoms. The van der Waals surface area contributed by atoms with Crippen molar-refractivity contribution < 1.29 is 9.22 Å². The molecule has 2 fully saturated rings. The number of hydrogen-bond acceptors (Lipinski definition) is 2. The van der Waals surface area contributed by atoms with E-state index in [0.29, 0.717) is 11.8 Å². The average Bonchev–Trinajstić information content (AvgIpc) is 2.69. The molecule has 2 aliphatic carbocycles. The van der Waals surface area contributed by atoms with Crippen molar-refractivity contribution in [2.24, 2.45) is 11.8 Å². The number of rotatable bonds is 5. The Balaban J connectivity index is 1.99. The summed E-state index contributed by atoms with van der Waals surface area (Å²) in [6.07, 6.45) is 13.5. The maximum atomic E-state index is 12.7. The largest absolute Gasteiger partial charge is 0.513 e. The average molecular weight is 354 g/mol. The molecular weight excluding hydrogens is 324 g/mol. The van der Waals surface area contributed by atoms with E-state index < -0.39 is 0 Å². The quantitative estimate of drug-likeness (QED) is 0.507. The van der Waals surface area contributed by atoms with Gasteiger partial charge >= 0.3 is 16.5 Å². The number of hydrogen-bond donors (Lipinski definition) is 0. The van der Waals surface area contributed by atoms with Crippen molar-refractivity contribution in [1.29, 1.82) is 0 Å². The highest BCUT2D eigenvalue weighted by molar-refractivity contribution is 6.11. The van der Waals surface area contributed by atoms with Crippen molar-refractivity contribution in [3.05, 3.63) is 41.5 Å². The zero-order valence-electron chi connectivity index (χ0n) is 15.1. The van der Waals surface area contributed by atoms with Gasteiger partial charge in [-0.3, -0.25) is 0 Å². The van der Waals surface area contributed by atoms with E-state index >= 15 is 0 Å². The predicted octanol–water partition coefficient (Wildman–Crippen LogP) is 5.62. The summed E-state index contributed by atoms with van der Waals surface area (Å²) in [7, 11) is 3.01. The fourth-order valence-corrected chi connectivity index (χ4v) is 4.83. The van der Waals surface area contributed by atoms with Crippen molar-refractivity contribution in [2.75, 3.05) is 0 Å². The van der Waals surface area contributed by atoms with Crippen molar-refractivity contribution in [3.8, 4) is 0 Å². The van der Waals surface area contributed by atoms with E-state index in [0.717, 1.165) is 12.0 Å². The first-order valence-corrected chi connectivity index (χ1v) is 10.4. The normalized spacial score (nSPS) is 20.8. The standard InChI is InChI=1S/C22H29O2Si/c23-22(24-25)20(16-17-10-4-1-5-11-17)21(18-12-6-2-7-13-18)19-14-8-3-9-15-19/h2,6-7,12-13,17,19H,1,3-5,8-11,14-16H2/b21-20+. The van der Waals surface area contributed by atoms with Crippen LogP contribution in [-0.2, 0) is 9.22 Å². The molecule has 0 aliphatic heterocycles. The highest BCUT2D eigenvalue weighted by Gasteiger charge is 2.28. The second-order valence-corrected chi connectivity index (χ2v) is 7.89. The van der Waals surface area contributed by atoms with E-state index in [-0.39, 0.29) is 5.97 Å². The van der Waals surface area contributed by atoms with Gasteiger partial charge in [0, 0.05) is 5.57 Å². The lowest BCUT2D eigenvalue weighted by atomic mass is 9.76. The van der Waals surface area contributed by atoms with Gasteiger partial charge in [0.15, 0.2) is 0 Å². The second kappa shape index (κ2) is 9.37. The van der Waals surface area contributed by atoms with Gasteiger partial charge < -0.3 is 4.43 Å². The fraction of sp³-hybridized carbons (Fsp3) is 0.591. The third-order valence-electron chi connectivity index (χ3n) is 5.98. The van der Waals surface area contributed by atoms with Crippen LogP contribution in [0.5, 0.6) is 0 Å². The van der Waals surface area contributed by atoms with Crippen molar-refractivity contribution >= 4 is 22.0 Å². The van der Waals surface area contributed by atoms with Crippen LogP contribution in [0.15, 0.2) is 35.9 Å². The first-order chi connectivity index (χ1) is 12.3. The molecule has 3 rings (SSSR count). The first-order valence-electron chi connectivity index (χ1n) is 9.96. The molecule has 0 saturated heterocycles. The molecule has 0 amide bonds. The minimum absolute atomic E-state index is 0.188. The number of carbonyl (C=O) groups is 1. The maximum absolute atomic E-state index is 12.7. The van der Waals surface area contributed by atoms with Gasteiger partial charge in [-0.15, -0.1) is 0 Å². The molecule has 2 saturated carbocycles. The Hall–Kier alpha value is -1.35. The zero-order valence-corrected chi connectivity index (χ0v) is 16.1. The molecule has 1 aromatic rings. The van der Waals surface area contributed by atoms with Gasteiger partial charge in [-0.05, 0) is 42.2 Å². The maximum Gasteiger partial charge on any atom is 0.345 e. The summed E-state index contributed by atoms with van der Waals surface area (Å²) < 4.78 is 5.06. The minimum Gasteiger partial charge on any atom is -0.513 e. The van der Waals surface area contributed by atoms with E-state index in [1.165, 1.54) is 75.3 Å². The van der Waals surface area contributed by atoms with Crippen molar-refractivity contribution in [1.82, 2.24) is 0 Å². The number of allylic oxidation sites excluding steroid dienone is 1. The fourth-order valence-electron chi connectivity index (χ4n) is 4.71. The molecule has 0 bridgehead atoms. The summed E-state index contributed by atoms with van der Waals surface area (Å²) in [6, 6.07) is 10.5. The highest BCUT2D eigenvalue weighted by atomic mass is 28.2. The van der Waals surface area contributed by atoms with Gasteiger partial charge in [0.1, 0.15) is 0 Å². The third-order valence-corrected chi connectivity index (χ3v) is 6.17. The summed E-state index contributed by atoms with van der Waals surface area (Å²) in [5.41, 5.74) is 3.38. The molecule has 0 aromatic heterocycles. The van der Waals surface area contributed by atoms with Gasteiger partial charge in [0.25, 0.3) is 0 Å². The van der Waals surface area contributed by atoms with E-state index in [2.05, 4.69) is 34.8 Å². The lowest BCUT2D eigenvalue weighted by Crippen LogP contribution is -2.19. The van der Waals surface area contributed by atoms with E-state index in [9.17, 15) is 4.79 Å². The SMILES string of the molecule is O=C(O[Si])/C(CC1CCCCC1)=C(\c1ccccc1)C1CCCCC1. The molecule has 133 valence electrons. The Bertz CT molecular complexity index is 581.